The summed E-state index contributed by atoms with van der Waals surface area (Å²) in [5, 5.41) is 0. The first-order valence-corrected chi connectivity index (χ1v) is 25.3. The first-order valence-electron chi connectivity index (χ1n) is 25.3. The molecule has 1 atom stereocenters. The van der Waals surface area contributed by atoms with Crippen LogP contribution in [0.1, 0.15) is 220 Å². The highest BCUT2D eigenvalue weighted by Gasteiger charge is 2.19. The zero-order chi connectivity index (χ0) is 45.1. The van der Waals surface area contributed by atoms with Crippen molar-refractivity contribution in [2.45, 2.75) is 226 Å². The van der Waals surface area contributed by atoms with Crippen molar-refractivity contribution in [1.82, 2.24) is 0 Å². The van der Waals surface area contributed by atoms with E-state index >= 15 is 0 Å². The van der Waals surface area contributed by atoms with Gasteiger partial charge < -0.3 is 14.2 Å². The lowest BCUT2D eigenvalue weighted by molar-refractivity contribution is -0.167. The van der Waals surface area contributed by atoms with Crippen molar-refractivity contribution < 1.29 is 28.6 Å². The molecule has 0 aromatic heterocycles. The van der Waals surface area contributed by atoms with E-state index in [4.69, 9.17) is 14.2 Å². The van der Waals surface area contributed by atoms with Crippen molar-refractivity contribution in [3.8, 4) is 0 Å². The summed E-state index contributed by atoms with van der Waals surface area (Å²) in [5.74, 6) is -0.953. The van der Waals surface area contributed by atoms with Crippen LogP contribution in [0.3, 0.4) is 0 Å². The van der Waals surface area contributed by atoms with Crippen LogP contribution in [0, 0.1) is 0 Å². The van der Waals surface area contributed by atoms with E-state index < -0.39 is 6.10 Å². The lowest BCUT2D eigenvalue weighted by Crippen LogP contribution is -2.30. The summed E-state index contributed by atoms with van der Waals surface area (Å²) in [6, 6.07) is 0. The first-order chi connectivity index (χ1) is 30.5. The Labute approximate surface area is 381 Å². The van der Waals surface area contributed by atoms with Gasteiger partial charge in [0.05, 0.1) is 0 Å². The van der Waals surface area contributed by atoms with Gasteiger partial charge in [0.15, 0.2) is 6.10 Å². The molecule has 6 nitrogen and oxygen atoms in total. The lowest BCUT2D eigenvalue weighted by atomic mass is 10.0. The molecule has 0 saturated carbocycles. The van der Waals surface area contributed by atoms with Crippen LogP contribution in [0.25, 0.3) is 0 Å². The molecule has 0 saturated heterocycles. The van der Waals surface area contributed by atoms with Crippen molar-refractivity contribution in [3.05, 3.63) is 97.2 Å². The average Bonchev–Trinajstić information content (AvgIpc) is 3.27. The molecule has 0 aromatic carbocycles. The van der Waals surface area contributed by atoms with Crippen LogP contribution in [-0.2, 0) is 28.6 Å². The smallest absolute Gasteiger partial charge is 0.306 e. The molecule has 0 fully saturated rings. The molecule has 62 heavy (non-hydrogen) atoms. The van der Waals surface area contributed by atoms with Gasteiger partial charge in [-0.1, -0.05) is 240 Å². The van der Waals surface area contributed by atoms with Gasteiger partial charge in [0, 0.05) is 19.3 Å². The predicted molar refractivity (Wildman–Crippen MR) is 265 cm³/mol. The summed E-state index contributed by atoms with van der Waals surface area (Å²) in [6.07, 6.45) is 65.3. The van der Waals surface area contributed by atoms with Crippen LogP contribution in [0.15, 0.2) is 97.2 Å². The highest BCUT2D eigenvalue weighted by molar-refractivity contribution is 5.71. The Hall–Kier alpha value is -3.67. The summed E-state index contributed by atoms with van der Waals surface area (Å²) >= 11 is 0. The maximum absolute atomic E-state index is 12.8. The summed E-state index contributed by atoms with van der Waals surface area (Å²) in [6.45, 7) is 6.31. The van der Waals surface area contributed by atoms with Crippen LogP contribution >= 0.6 is 0 Å². The largest absolute Gasteiger partial charge is 0.462 e. The molecule has 0 bridgehead atoms. The molecule has 0 spiro atoms. The fourth-order valence-corrected chi connectivity index (χ4v) is 6.76. The Morgan fingerprint density at radius 1 is 0.339 bits per heavy atom. The highest BCUT2D eigenvalue weighted by atomic mass is 16.6. The average molecular weight is 861 g/mol. The molecule has 0 aliphatic carbocycles. The van der Waals surface area contributed by atoms with Crippen LogP contribution in [-0.4, -0.2) is 37.2 Å². The third kappa shape index (κ3) is 47.4. The second kappa shape index (κ2) is 50.0. The van der Waals surface area contributed by atoms with E-state index in [1.807, 2.05) is 48.6 Å². The van der Waals surface area contributed by atoms with E-state index in [0.29, 0.717) is 19.3 Å². The third-order valence-electron chi connectivity index (χ3n) is 10.5. The maximum Gasteiger partial charge on any atom is 0.306 e. The summed E-state index contributed by atoms with van der Waals surface area (Å²) in [5.41, 5.74) is 0. The first kappa shape index (κ1) is 58.3. The zero-order valence-electron chi connectivity index (χ0n) is 40.1. The minimum Gasteiger partial charge on any atom is -0.462 e. The monoisotopic (exact) mass is 861 g/mol. The highest BCUT2D eigenvalue weighted by Crippen LogP contribution is 2.15. The molecular weight excluding hydrogens is 769 g/mol. The molecule has 0 N–H and O–H groups in total. The standard InChI is InChI=1S/C56H92O6/c1-4-7-10-13-16-19-22-25-28-31-34-37-40-43-46-49-55(58)61-52-53(51-60-54(57)48-45-42-39-36-33-30-27-24-21-18-15-12-9-6-3)62-56(59)50-47-44-41-38-35-32-29-26-23-20-17-14-11-8-5-2/h7-8,10-11,13-14,16-17,19-20,22-23,25,28,31,34,53H,4-6,9,12,15,18,21,24,26-27,29-30,32-33,35-52H2,1-3H3/b10-7-,11-8-,16-13-,17-14-,22-19-,23-20-,28-25-,34-31-. The van der Waals surface area contributed by atoms with E-state index in [-0.39, 0.29) is 31.1 Å². The molecule has 0 heterocycles. The van der Waals surface area contributed by atoms with E-state index in [2.05, 4.69) is 69.4 Å². The summed E-state index contributed by atoms with van der Waals surface area (Å²) in [4.78, 5) is 38.0. The minimum atomic E-state index is -0.800. The zero-order valence-corrected chi connectivity index (χ0v) is 40.1. The number of allylic oxidation sites excluding steroid dienone is 16. The van der Waals surface area contributed by atoms with Gasteiger partial charge in [-0.15, -0.1) is 0 Å². The number of ether oxygens (including phenoxy) is 3. The lowest BCUT2D eigenvalue weighted by Gasteiger charge is -2.18. The van der Waals surface area contributed by atoms with Gasteiger partial charge in [-0.3, -0.25) is 14.4 Å². The number of hydrogen-bond donors (Lipinski definition) is 0. The number of rotatable bonds is 44. The third-order valence-corrected chi connectivity index (χ3v) is 10.5. The molecule has 1 unspecified atom stereocenters. The van der Waals surface area contributed by atoms with Gasteiger partial charge >= 0.3 is 17.9 Å². The van der Waals surface area contributed by atoms with Gasteiger partial charge in [0.2, 0.25) is 0 Å². The van der Waals surface area contributed by atoms with E-state index in [9.17, 15) is 14.4 Å². The second-order valence-corrected chi connectivity index (χ2v) is 16.5. The second-order valence-electron chi connectivity index (χ2n) is 16.5. The van der Waals surface area contributed by atoms with Gasteiger partial charge in [-0.25, -0.2) is 0 Å². The quantitative estimate of drug-likeness (QED) is 0.0263. The molecular formula is C56H92O6. The topological polar surface area (TPSA) is 78.9 Å². The Balaban J connectivity index is 4.49. The molecule has 0 amide bonds. The van der Waals surface area contributed by atoms with Gasteiger partial charge in [-0.05, 0) is 57.8 Å². The summed E-state index contributed by atoms with van der Waals surface area (Å²) < 4.78 is 16.7. The van der Waals surface area contributed by atoms with E-state index in [0.717, 1.165) is 89.9 Å². The van der Waals surface area contributed by atoms with Gasteiger partial charge in [0.1, 0.15) is 13.2 Å². The van der Waals surface area contributed by atoms with Crippen molar-refractivity contribution in [2.75, 3.05) is 13.2 Å². The van der Waals surface area contributed by atoms with Crippen LogP contribution in [0.4, 0.5) is 0 Å². The number of hydrogen-bond acceptors (Lipinski definition) is 6. The Morgan fingerprint density at radius 3 is 1.00 bits per heavy atom. The summed E-state index contributed by atoms with van der Waals surface area (Å²) in [7, 11) is 0. The van der Waals surface area contributed by atoms with Gasteiger partial charge in [0.25, 0.3) is 0 Å². The Morgan fingerprint density at radius 2 is 0.629 bits per heavy atom. The molecule has 0 aliphatic heterocycles. The van der Waals surface area contributed by atoms with Crippen molar-refractivity contribution in [2.24, 2.45) is 0 Å². The molecule has 6 heteroatoms. The number of carbonyl (C=O) groups is 3. The minimum absolute atomic E-state index is 0.0958. The van der Waals surface area contributed by atoms with Crippen LogP contribution in [0.5, 0.6) is 0 Å². The predicted octanol–water partition coefficient (Wildman–Crippen LogP) is 16.6. The van der Waals surface area contributed by atoms with E-state index in [1.165, 1.54) is 89.9 Å². The molecule has 0 rings (SSSR count). The normalized spacial score (nSPS) is 12.9. The Bertz CT molecular complexity index is 1260. The fraction of sp³-hybridized carbons (Fsp3) is 0.661. The molecule has 352 valence electrons. The molecule has 0 radical (unpaired) electrons. The van der Waals surface area contributed by atoms with Gasteiger partial charge in [-0.2, -0.15) is 0 Å². The van der Waals surface area contributed by atoms with Crippen molar-refractivity contribution >= 4 is 17.9 Å². The number of carbonyl (C=O) groups excluding carboxylic acids is 3. The van der Waals surface area contributed by atoms with Crippen molar-refractivity contribution in [3.63, 3.8) is 0 Å². The maximum atomic E-state index is 12.8. The number of esters is 3. The number of unbranched alkanes of at least 4 members (excludes halogenated alkanes) is 23. The SMILES string of the molecule is CC\C=C/C=C\C=C/C=C\C=C/CCCCCC(=O)OCC(COC(=O)CCCCCCCCCCCCCCCC)OC(=O)CCCCCCCCC\C=C/C=C\C=C/CC. The van der Waals surface area contributed by atoms with E-state index in [1.54, 1.807) is 0 Å². The van der Waals surface area contributed by atoms with Crippen LogP contribution in [0.2, 0.25) is 0 Å². The molecule has 0 aliphatic rings. The van der Waals surface area contributed by atoms with Crippen LogP contribution < -0.4 is 0 Å². The molecule has 0 aromatic rings. The van der Waals surface area contributed by atoms with Crippen molar-refractivity contribution in [1.29, 1.82) is 0 Å². The Kier molecular flexibility index (Phi) is 47.0. The fourth-order valence-electron chi connectivity index (χ4n) is 6.76.